The van der Waals surface area contributed by atoms with Gasteiger partial charge in [-0.05, 0) is 87.8 Å². The zero-order valence-electron chi connectivity index (χ0n) is 18.5. The number of ether oxygens (including phenoxy) is 2. The molecule has 1 aromatic carbocycles. The van der Waals surface area contributed by atoms with Gasteiger partial charge in [-0.3, -0.25) is 4.68 Å². The van der Waals surface area contributed by atoms with Crippen molar-refractivity contribution in [3.63, 3.8) is 0 Å². The molecule has 164 valence electrons. The van der Waals surface area contributed by atoms with Crippen LogP contribution >= 0.6 is 22.6 Å². The first-order valence-corrected chi connectivity index (χ1v) is 11.9. The molecular formula is C24H33IN2O3. The summed E-state index contributed by atoms with van der Waals surface area (Å²) in [6.45, 7) is 9.35. The van der Waals surface area contributed by atoms with E-state index in [0.717, 1.165) is 25.1 Å². The first-order valence-electron chi connectivity index (χ1n) is 10.8. The summed E-state index contributed by atoms with van der Waals surface area (Å²) in [7, 11) is 0. The maximum atomic E-state index is 11.8. The molecule has 30 heavy (non-hydrogen) atoms. The molecule has 1 aliphatic carbocycles. The summed E-state index contributed by atoms with van der Waals surface area (Å²) in [5, 5.41) is 4.83. The van der Waals surface area contributed by atoms with Crippen LogP contribution in [0.5, 0.6) is 0 Å². The molecular weight excluding hydrogens is 491 g/mol. The fourth-order valence-corrected chi connectivity index (χ4v) is 4.77. The normalized spacial score (nSPS) is 19.6. The van der Waals surface area contributed by atoms with Gasteiger partial charge in [0.05, 0.1) is 21.6 Å². The van der Waals surface area contributed by atoms with Crippen molar-refractivity contribution >= 4 is 28.6 Å². The Morgan fingerprint density at radius 1 is 1.13 bits per heavy atom. The second-order valence-corrected chi connectivity index (χ2v) is 10.4. The number of esters is 1. The lowest BCUT2D eigenvalue weighted by molar-refractivity contribution is -0.160. The van der Waals surface area contributed by atoms with E-state index in [1.54, 1.807) is 0 Å². The Hall–Kier alpha value is -1.41. The molecule has 1 aliphatic rings. The van der Waals surface area contributed by atoms with Gasteiger partial charge in [-0.15, -0.1) is 0 Å². The third kappa shape index (κ3) is 6.54. The van der Waals surface area contributed by atoms with Gasteiger partial charge in [0.25, 0.3) is 0 Å². The smallest absolute Gasteiger partial charge is 0.332 e. The van der Waals surface area contributed by atoms with E-state index in [1.165, 1.54) is 27.7 Å². The number of carbonyl (C=O) groups is 1. The average Bonchev–Trinajstić information content (AvgIpc) is 2.96. The van der Waals surface area contributed by atoms with Gasteiger partial charge in [-0.2, -0.15) is 5.10 Å². The highest BCUT2D eigenvalue weighted by Crippen LogP contribution is 2.33. The van der Waals surface area contributed by atoms with Crippen LogP contribution in [0, 0.1) is 22.3 Å². The molecule has 0 bridgehead atoms. The molecule has 3 rings (SSSR count). The Morgan fingerprint density at radius 2 is 1.77 bits per heavy atom. The van der Waals surface area contributed by atoms with E-state index in [-0.39, 0.29) is 12.6 Å². The van der Waals surface area contributed by atoms with Crippen LogP contribution in [0.4, 0.5) is 0 Å². The summed E-state index contributed by atoms with van der Waals surface area (Å²) in [4.78, 5) is 11.8. The standard InChI is InChI=1S/C24H33IN2O3/c1-17-22(25)23(20-8-6-5-7-9-20)27(26-17)14-18-10-12-19(13-11-18)15-29-16-21(28)30-24(2,3)4/h5-9,18-19H,10-16H2,1-4H3. The average molecular weight is 524 g/mol. The Bertz CT molecular complexity index is 834. The molecule has 0 unspecified atom stereocenters. The summed E-state index contributed by atoms with van der Waals surface area (Å²) in [6.07, 6.45) is 4.61. The molecule has 0 N–H and O–H groups in total. The summed E-state index contributed by atoms with van der Waals surface area (Å²) in [6, 6.07) is 10.5. The quantitative estimate of drug-likeness (QED) is 0.348. The minimum absolute atomic E-state index is 0.0443. The van der Waals surface area contributed by atoms with E-state index in [4.69, 9.17) is 14.6 Å². The highest BCUT2D eigenvalue weighted by atomic mass is 127. The molecule has 1 aromatic heterocycles. The van der Waals surface area contributed by atoms with Crippen LogP contribution in [0.2, 0.25) is 0 Å². The van der Waals surface area contributed by atoms with Gasteiger partial charge < -0.3 is 9.47 Å². The SMILES string of the molecule is Cc1nn(CC2CCC(COCC(=O)OC(C)(C)C)CC2)c(-c2ccccc2)c1I. The lowest BCUT2D eigenvalue weighted by Crippen LogP contribution is -2.28. The summed E-state index contributed by atoms with van der Waals surface area (Å²) < 4.78 is 14.4. The maximum absolute atomic E-state index is 11.8. The van der Waals surface area contributed by atoms with E-state index >= 15 is 0 Å². The molecule has 1 fully saturated rings. The second-order valence-electron chi connectivity index (χ2n) is 9.28. The number of hydrogen-bond donors (Lipinski definition) is 0. The number of halogens is 1. The predicted octanol–water partition coefficient (Wildman–Crippen LogP) is 5.63. The van der Waals surface area contributed by atoms with Crippen LogP contribution in [0.25, 0.3) is 11.3 Å². The highest BCUT2D eigenvalue weighted by Gasteiger charge is 2.24. The molecule has 6 heteroatoms. The van der Waals surface area contributed by atoms with Crippen LogP contribution in [0.3, 0.4) is 0 Å². The number of benzene rings is 1. The minimum atomic E-state index is -0.459. The molecule has 0 spiro atoms. The summed E-state index contributed by atoms with van der Waals surface area (Å²) in [5.41, 5.74) is 3.10. The minimum Gasteiger partial charge on any atom is -0.458 e. The first-order chi connectivity index (χ1) is 14.2. The Kier molecular flexibility index (Phi) is 7.96. The van der Waals surface area contributed by atoms with Gasteiger partial charge in [0.1, 0.15) is 12.2 Å². The van der Waals surface area contributed by atoms with E-state index in [9.17, 15) is 4.79 Å². The number of carbonyl (C=O) groups excluding carboxylic acids is 1. The third-order valence-corrected chi connectivity index (χ3v) is 6.78. The fourth-order valence-electron chi connectivity index (χ4n) is 4.07. The van der Waals surface area contributed by atoms with Gasteiger partial charge in [0.2, 0.25) is 0 Å². The topological polar surface area (TPSA) is 53.4 Å². The van der Waals surface area contributed by atoms with E-state index < -0.39 is 5.60 Å². The molecule has 5 nitrogen and oxygen atoms in total. The van der Waals surface area contributed by atoms with Gasteiger partial charge >= 0.3 is 5.97 Å². The van der Waals surface area contributed by atoms with Crippen LogP contribution in [-0.2, 0) is 20.8 Å². The zero-order chi connectivity index (χ0) is 21.7. The van der Waals surface area contributed by atoms with Crippen LogP contribution in [0.1, 0.15) is 52.1 Å². The van der Waals surface area contributed by atoms with Crippen molar-refractivity contribution in [1.82, 2.24) is 9.78 Å². The van der Waals surface area contributed by atoms with E-state index in [2.05, 4.69) is 64.5 Å². The third-order valence-electron chi connectivity index (χ3n) is 5.49. The maximum Gasteiger partial charge on any atom is 0.332 e. The molecule has 0 radical (unpaired) electrons. The van der Waals surface area contributed by atoms with E-state index in [1.807, 2.05) is 20.8 Å². The molecule has 0 saturated heterocycles. The van der Waals surface area contributed by atoms with Crippen molar-refractivity contribution in [3.8, 4) is 11.3 Å². The van der Waals surface area contributed by atoms with Gasteiger partial charge in [-0.1, -0.05) is 30.3 Å². The molecule has 1 saturated carbocycles. The van der Waals surface area contributed by atoms with Crippen LogP contribution in [0.15, 0.2) is 30.3 Å². The van der Waals surface area contributed by atoms with Crippen molar-refractivity contribution < 1.29 is 14.3 Å². The Morgan fingerprint density at radius 3 is 2.40 bits per heavy atom. The Balaban J connectivity index is 1.49. The summed E-state index contributed by atoms with van der Waals surface area (Å²) in [5.74, 6) is 0.870. The van der Waals surface area contributed by atoms with Gasteiger partial charge in [0.15, 0.2) is 0 Å². The number of rotatable bonds is 7. The zero-order valence-corrected chi connectivity index (χ0v) is 20.6. The monoisotopic (exact) mass is 524 g/mol. The van der Waals surface area contributed by atoms with Crippen molar-refractivity contribution in [2.75, 3.05) is 13.2 Å². The van der Waals surface area contributed by atoms with Crippen LogP contribution in [-0.4, -0.2) is 34.6 Å². The van der Waals surface area contributed by atoms with Gasteiger partial charge in [0, 0.05) is 12.1 Å². The molecule has 1 heterocycles. The lowest BCUT2D eigenvalue weighted by Gasteiger charge is -2.28. The molecule has 2 aromatic rings. The van der Waals surface area contributed by atoms with Crippen molar-refractivity contribution in [3.05, 3.63) is 39.6 Å². The second kappa shape index (κ2) is 10.3. The van der Waals surface area contributed by atoms with E-state index in [0.29, 0.717) is 18.4 Å². The lowest BCUT2D eigenvalue weighted by atomic mass is 9.82. The van der Waals surface area contributed by atoms with Gasteiger partial charge in [-0.25, -0.2) is 4.79 Å². The van der Waals surface area contributed by atoms with Crippen molar-refractivity contribution in [1.29, 1.82) is 0 Å². The highest BCUT2D eigenvalue weighted by molar-refractivity contribution is 14.1. The molecule has 0 amide bonds. The number of aromatic nitrogens is 2. The number of aryl methyl sites for hydroxylation is 1. The van der Waals surface area contributed by atoms with Crippen LogP contribution < -0.4 is 0 Å². The number of nitrogens with zero attached hydrogens (tertiary/aromatic N) is 2. The van der Waals surface area contributed by atoms with Crippen molar-refractivity contribution in [2.24, 2.45) is 11.8 Å². The first kappa shape index (κ1) is 23.3. The summed E-state index contributed by atoms with van der Waals surface area (Å²) >= 11 is 2.42. The van der Waals surface area contributed by atoms with Crippen molar-refractivity contribution in [2.45, 2.75) is 65.5 Å². The predicted molar refractivity (Wildman–Crippen MR) is 127 cm³/mol. The largest absolute Gasteiger partial charge is 0.458 e. The Labute approximate surface area is 193 Å². The number of hydrogen-bond acceptors (Lipinski definition) is 4. The fraction of sp³-hybridized carbons (Fsp3) is 0.583. The molecule has 0 aliphatic heterocycles. The molecule has 0 atom stereocenters.